The van der Waals surface area contributed by atoms with Gasteiger partial charge in [0.15, 0.2) is 0 Å². The maximum Gasteiger partial charge on any atom is 0.237 e. The molecule has 2 aliphatic carbocycles. The molecule has 2 rings (SSSR count). The number of nitrogens with one attached hydrogen (secondary N) is 1. The molecule has 0 aliphatic heterocycles. The first-order valence-electron chi connectivity index (χ1n) is 7.82. The third-order valence-corrected chi connectivity index (χ3v) is 4.54. The zero-order valence-electron chi connectivity index (χ0n) is 13.0. The van der Waals surface area contributed by atoms with Crippen molar-refractivity contribution in [2.75, 3.05) is 20.2 Å². The summed E-state index contributed by atoms with van der Waals surface area (Å²) in [4.78, 5) is 14.2. The van der Waals surface area contributed by atoms with E-state index in [0.29, 0.717) is 12.1 Å². The van der Waals surface area contributed by atoms with Crippen LogP contribution < -0.4 is 11.1 Å². The Balaban J connectivity index is 1.83. The van der Waals surface area contributed by atoms with Crippen LogP contribution >= 0.6 is 0 Å². The predicted octanol–water partition coefficient (Wildman–Crippen LogP) is 0.872. The van der Waals surface area contributed by atoms with Gasteiger partial charge in [-0.05, 0) is 53.0 Å². The summed E-state index contributed by atoms with van der Waals surface area (Å²) in [6, 6.07) is 0.931. The van der Waals surface area contributed by atoms with Gasteiger partial charge in [0.1, 0.15) is 0 Å². The summed E-state index contributed by atoms with van der Waals surface area (Å²) in [5.74, 6) is -0.182. The molecular weight excluding hydrogens is 254 g/mol. The van der Waals surface area contributed by atoms with E-state index in [4.69, 9.17) is 10.5 Å². The van der Waals surface area contributed by atoms with E-state index in [9.17, 15) is 4.79 Å². The molecule has 0 heterocycles. The molecule has 116 valence electrons. The van der Waals surface area contributed by atoms with Crippen LogP contribution in [0.5, 0.6) is 0 Å². The van der Waals surface area contributed by atoms with Gasteiger partial charge < -0.3 is 20.7 Å². The highest BCUT2D eigenvalue weighted by Gasteiger charge is 2.47. The molecule has 0 spiro atoms. The van der Waals surface area contributed by atoms with E-state index in [1.54, 1.807) is 0 Å². The number of primary amides is 1. The third-order valence-electron chi connectivity index (χ3n) is 4.54. The predicted molar refractivity (Wildman–Crippen MR) is 79.4 cm³/mol. The van der Waals surface area contributed by atoms with Crippen molar-refractivity contribution in [2.45, 2.75) is 69.7 Å². The smallest absolute Gasteiger partial charge is 0.237 e. The van der Waals surface area contributed by atoms with E-state index >= 15 is 0 Å². The fourth-order valence-corrected chi connectivity index (χ4v) is 3.05. The zero-order valence-corrected chi connectivity index (χ0v) is 13.0. The van der Waals surface area contributed by atoms with Crippen molar-refractivity contribution in [2.24, 2.45) is 5.73 Å². The van der Waals surface area contributed by atoms with Crippen molar-refractivity contribution in [3.63, 3.8) is 0 Å². The molecule has 5 heteroatoms. The van der Waals surface area contributed by atoms with Crippen molar-refractivity contribution >= 4 is 5.91 Å². The Labute approximate surface area is 122 Å². The summed E-state index contributed by atoms with van der Waals surface area (Å²) in [6.07, 6.45) is 5.35. The molecule has 20 heavy (non-hydrogen) atoms. The summed E-state index contributed by atoms with van der Waals surface area (Å²) in [7, 11) is 2.11. The second-order valence-electron chi connectivity index (χ2n) is 6.66. The minimum atomic E-state index is -0.473. The van der Waals surface area contributed by atoms with E-state index in [2.05, 4.69) is 17.3 Å². The lowest BCUT2D eigenvalue weighted by atomic mass is 9.96. The maximum atomic E-state index is 11.9. The lowest BCUT2D eigenvalue weighted by molar-refractivity contribution is -0.124. The minimum absolute atomic E-state index is 0.182. The number of likely N-dealkylation sites (N-methyl/N-ethyl adjacent to an activating group) is 1. The number of carbonyl (C=O) groups excluding carboxylic acids is 1. The van der Waals surface area contributed by atoms with Gasteiger partial charge in [0.25, 0.3) is 0 Å². The number of nitrogens with zero attached hydrogens (tertiary/aromatic N) is 1. The summed E-state index contributed by atoms with van der Waals surface area (Å²) >= 11 is 0. The first-order chi connectivity index (χ1) is 9.43. The van der Waals surface area contributed by atoms with Crippen LogP contribution in [0.3, 0.4) is 0 Å². The van der Waals surface area contributed by atoms with Crippen LogP contribution in [0.25, 0.3) is 0 Å². The van der Waals surface area contributed by atoms with E-state index in [1.165, 1.54) is 12.8 Å². The van der Waals surface area contributed by atoms with E-state index in [1.807, 2.05) is 13.8 Å². The molecule has 2 aliphatic rings. The maximum absolute atomic E-state index is 11.9. The van der Waals surface area contributed by atoms with E-state index < -0.39 is 5.54 Å². The Morgan fingerprint density at radius 2 is 2.15 bits per heavy atom. The van der Waals surface area contributed by atoms with Crippen LogP contribution in [0.15, 0.2) is 0 Å². The lowest BCUT2D eigenvalue weighted by Gasteiger charge is -2.30. The van der Waals surface area contributed by atoms with Crippen LogP contribution in [0.1, 0.15) is 46.0 Å². The van der Waals surface area contributed by atoms with Crippen LogP contribution in [0, 0.1) is 0 Å². The SMILES string of the molecule is CC(C)OCCN(C)C1CCC(NC2CC2)(C(N)=O)C1. The highest BCUT2D eigenvalue weighted by atomic mass is 16.5. The summed E-state index contributed by atoms with van der Waals surface area (Å²) in [6.45, 7) is 5.74. The average Bonchev–Trinajstić information content (AvgIpc) is 3.05. The average molecular weight is 283 g/mol. The quantitative estimate of drug-likeness (QED) is 0.694. The standard InChI is InChI=1S/C15H29N3O2/c1-11(2)20-9-8-18(3)13-6-7-15(10-13,14(16)19)17-12-4-5-12/h11-13,17H,4-10H2,1-3H3,(H2,16,19). The van der Waals surface area contributed by atoms with Gasteiger partial charge in [-0.25, -0.2) is 0 Å². The summed E-state index contributed by atoms with van der Waals surface area (Å²) in [5, 5.41) is 3.49. The molecule has 0 saturated heterocycles. The summed E-state index contributed by atoms with van der Waals surface area (Å²) < 4.78 is 5.60. The zero-order chi connectivity index (χ0) is 14.8. The third kappa shape index (κ3) is 3.93. The van der Waals surface area contributed by atoms with Gasteiger partial charge in [-0.15, -0.1) is 0 Å². The van der Waals surface area contributed by atoms with Gasteiger partial charge >= 0.3 is 0 Å². The lowest BCUT2D eigenvalue weighted by Crippen LogP contribution is -2.55. The molecule has 2 atom stereocenters. The van der Waals surface area contributed by atoms with Crippen LogP contribution in [0.4, 0.5) is 0 Å². The molecule has 2 saturated carbocycles. The van der Waals surface area contributed by atoms with Crippen molar-refractivity contribution < 1.29 is 9.53 Å². The first kappa shape index (κ1) is 15.7. The number of hydrogen-bond donors (Lipinski definition) is 2. The molecule has 0 aromatic rings. The Hall–Kier alpha value is -0.650. The van der Waals surface area contributed by atoms with Gasteiger partial charge in [-0.1, -0.05) is 0 Å². The van der Waals surface area contributed by atoms with Crippen LogP contribution in [-0.2, 0) is 9.53 Å². The fraction of sp³-hybridized carbons (Fsp3) is 0.933. The minimum Gasteiger partial charge on any atom is -0.377 e. The fourth-order valence-electron chi connectivity index (χ4n) is 3.05. The number of hydrogen-bond acceptors (Lipinski definition) is 4. The molecule has 0 radical (unpaired) electrons. The highest BCUT2D eigenvalue weighted by Crippen LogP contribution is 2.35. The number of nitrogens with two attached hydrogens (primary N) is 1. The molecule has 1 amide bonds. The number of carbonyl (C=O) groups is 1. The molecule has 2 fully saturated rings. The van der Waals surface area contributed by atoms with Crippen molar-refractivity contribution in [1.82, 2.24) is 10.2 Å². The van der Waals surface area contributed by atoms with Crippen molar-refractivity contribution in [3.8, 4) is 0 Å². The van der Waals surface area contributed by atoms with E-state index in [-0.39, 0.29) is 12.0 Å². The van der Waals surface area contributed by atoms with Gasteiger partial charge in [0.05, 0.1) is 18.2 Å². The highest BCUT2D eigenvalue weighted by molar-refractivity contribution is 5.85. The van der Waals surface area contributed by atoms with Gasteiger partial charge in [0.2, 0.25) is 5.91 Å². The van der Waals surface area contributed by atoms with Gasteiger partial charge in [0, 0.05) is 18.6 Å². The number of ether oxygens (including phenoxy) is 1. The van der Waals surface area contributed by atoms with Crippen molar-refractivity contribution in [1.29, 1.82) is 0 Å². The van der Waals surface area contributed by atoms with Crippen LogP contribution in [-0.4, -0.2) is 54.7 Å². The van der Waals surface area contributed by atoms with Crippen LogP contribution in [0.2, 0.25) is 0 Å². The van der Waals surface area contributed by atoms with Crippen molar-refractivity contribution in [3.05, 3.63) is 0 Å². The molecule has 0 aromatic carbocycles. The monoisotopic (exact) mass is 283 g/mol. The molecule has 5 nitrogen and oxygen atoms in total. The summed E-state index contributed by atoms with van der Waals surface area (Å²) in [5.41, 5.74) is 5.19. The Kier molecular flexibility index (Phi) is 5.04. The second kappa shape index (κ2) is 6.41. The number of rotatable bonds is 8. The van der Waals surface area contributed by atoms with E-state index in [0.717, 1.165) is 32.4 Å². The molecule has 0 aromatic heterocycles. The first-order valence-corrected chi connectivity index (χ1v) is 7.82. The Morgan fingerprint density at radius 3 is 2.70 bits per heavy atom. The number of amides is 1. The molecule has 2 unspecified atom stereocenters. The topological polar surface area (TPSA) is 67.6 Å². The molecule has 3 N–H and O–H groups in total. The van der Waals surface area contributed by atoms with Gasteiger partial charge in [-0.3, -0.25) is 4.79 Å². The molecular formula is C15H29N3O2. The second-order valence-corrected chi connectivity index (χ2v) is 6.66. The normalized spacial score (nSPS) is 30.4. The Morgan fingerprint density at radius 1 is 1.45 bits per heavy atom. The largest absolute Gasteiger partial charge is 0.377 e. The van der Waals surface area contributed by atoms with Gasteiger partial charge in [-0.2, -0.15) is 0 Å². The molecule has 0 bridgehead atoms. The Bertz CT molecular complexity index is 344.